The number of hydrogen-bond donors (Lipinski definition) is 0. The third-order valence-corrected chi connectivity index (χ3v) is 2.91. The number of benzene rings is 1. The summed E-state index contributed by atoms with van der Waals surface area (Å²) in [6.07, 6.45) is 2.77. The quantitative estimate of drug-likeness (QED) is 0.607. The van der Waals surface area contributed by atoms with Gasteiger partial charge in [0, 0.05) is 12.0 Å². The molecule has 1 heteroatoms. The van der Waals surface area contributed by atoms with Crippen LogP contribution in [0.5, 0.6) is 0 Å². The topological polar surface area (TPSA) is 17.1 Å². The van der Waals surface area contributed by atoms with Crippen LogP contribution in [0.1, 0.15) is 36.2 Å². The molecule has 0 spiro atoms. The van der Waals surface area contributed by atoms with Crippen LogP contribution in [0.15, 0.2) is 29.8 Å². The van der Waals surface area contributed by atoms with E-state index in [2.05, 4.69) is 19.9 Å². The molecule has 0 N–H and O–H groups in total. The number of Topliss-reactive ketones (excluding diaryl/α,β-unsaturated/α-hetero) is 1. The van der Waals surface area contributed by atoms with E-state index in [1.807, 2.05) is 24.3 Å². The Hall–Kier alpha value is -1.37. The third-order valence-electron chi connectivity index (χ3n) is 2.91. The zero-order chi connectivity index (χ0) is 10.1. The highest BCUT2D eigenvalue weighted by atomic mass is 16.1. The highest BCUT2D eigenvalue weighted by Gasteiger charge is 2.18. The van der Waals surface area contributed by atoms with Gasteiger partial charge >= 0.3 is 0 Å². The zero-order valence-corrected chi connectivity index (χ0v) is 8.58. The Morgan fingerprint density at radius 1 is 1.29 bits per heavy atom. The highest BCUT2D eigenvalue weighted by molar-refractivity contribution is 6.00. The summed E-state index contributed by atoms with van der Waals surface area (Å²) in [6, 6.07) is 7.83. The molecule has 1 atom stereocenters. The lowest BCUT2D eigenvalue weighted by Crippen LogP contribution is -2.04. The molecule has 0 aliphatic heterocycles. The fourth-order valence-electron chi connectivity index (χ4n) is 1.81. The predicted molar refractivity (Wildman–Crippen MR) is 58.2 cm³/mol. The maximum absolute atomic E-state index is 11.8. The molecule has 1 aliphatic rings. The molecule has 0 fully saturated rings. The number of fused-ring (bicyclic) bond motifs is 1. The summed E-state index contributed by atoms with van der Waals surface area (Å²) < 4.78 is 0. The summed E-state index contributed by atoms with van der Waals surface area (Å²) in [4.78, 5) is 11.8. The van der Waals surface area contributed by atoms with Crippen molar-refractivity contribution in [1.29, 1.82) is 0 Å². The van der Waals surface area contributed by atoms with E-state index >= 15 is 0 Å². The second-order valence-electron chi connectivity index (χ2n) is 4.00. The van der Waals surface area contributed by atoms with Crippen molar-refractivity contribution in [3.05, 3.63) is 41.0 Å². The smallest absolute Gasteiger partial charge is 0.164 e. The van der Waals surface area contributed by atoms with Crippen LogP contribution in [0.3, 0.4) is 0 Å². The van der Waals surface area contributed by atoms with E-state index in [1.165, 1.54) is 5.57 Å². The van der Waals surface area contributed by atoms with Gasteiger partial charge in [0.05, 0.1) is 0 Å². The fraction of sp³-hybridized carbons (Fsp3) is 0.308. The van der Waals surface area contributed by atoms with Crippen molar-refractivity contribution in [2.75, 3.05) is 0 Å². The number of rotatable bonds is 0. The fourth-order valence-corrected chi connectivity index (χ4v) is 1.81. The summed E-state index contributed by atoms with van der Waals surface area (Å²) in [5.74, 6) is 0.635. The van der Waals surface area contributed by atoms with Crippen LogP contribution in [0, 0.1) is 5.92 Å². The van der Waals surface area contributed by atoms with Gasteiger partial charge in [-0.2, -0.15) is 0 Å². The average molecular weight is 186 g/mol. The molecule has 1 nitrogen and oxygen atoms in total. The SMILES string of the molecule is CC1=Cc2ccccc2C(=O)CC1C. The first-order valence-electron chi connectivity index (χ1n) is 4.99. The van der Waals surface area contributed by atoms with E-state index in [9.17, 15) is 4.79 Å². The van der Waals surface area contributed by atoms with Gasteiger partial charge < -0.3 is 0 Å². The van der Waals surface area contributed by atoms with Gasteiger partial charge in [-0.05, 0) is 18.4 Å². The first-order valence-corrected chi connectivity index (χ1v) is 4.99. The first kappa shape index (κ1) is 9.20. The average Bonchev–Trinajstić information content (AvgIpc) is 2.27. The van der Waals surface area contributed by atoms with Gasteiger partial charge in [-0.15, -0.1) is 0 Å². The van der Waals surface area contributed by atoms with E-state index in [0.29, 0.717) is 12.3 Å². The summed E-state index contributed by atoms with van der Waals surface area (Å²) in [6.45, 7) is 4.20. The van der Waals surface area contributed by atoms with Gasteiger partial charge in [-0.1, -0.05) is 42.8 Å². The van der Waals surface area contributed by atoms with Crippen molar-refractivity contribution in [3.63, 3.8) is 0 Å². The van der Waals surface area contributed by atoms with E-state index in [-0.39, 0.29) is 5.78 Å². The number of allylic oxidation sites excluding steroid dienone is 1. The lowest BCUT2D eigenvalue weighted by Gasteiger charge is -2.06. The second-order valence-corrected chi connectivity index (χ2v) is 4.00. The van der Waals surface area contributed by atoms with Crippen LogP contribution in [0.2, 0.25) is 0 Å². The Labute approximate surface area is 84.5 Å². The lowest BCUT2D eigenvalue weighted by molar-refractivity contribution is 0.0971. The van der Waals surface area contributed by atoms with Gasteiger partial charge in [-0.3, -0.25) is 4.79 Å². The maximum atomic E-state index is 11.8. The van der Waals surface area contributed by atoms with Gasteiger partial charge in [-0.25, -0.2) is 0 Å². The monoisotopic (exact) mass is 186 g/mol. The Kier molecular flexibility index (Phi) is 2.24. The van der Waals surface area contributed by atoms with Crippen LogP contribution in [0.4, 0.5) is 0 Å². The molecule has 1 aromatic carbocycles. The molecule has 0 saturated carbocycles. The van der Waals surface area contributed by atoms with Crippen LogP contribution in [-0.4, -0.2) is 5.78 Å². The zero-order valence-electron chi connectivity index (χ0n) is 8.58. The Balaban J connectivity index is 2.56. The van der Waals surface area contributed by atoms with Crippen molar-refractivity contribution >= 4 is 11.9 Å². The van der Waals surface area contributed by atoms with E-state index in [1.54, 1.807) is 0 Å². The molecular weight excluding hydrogens is 172 g/mol. The molecular formula is C13H14O. The molecule has 1 aliphatic carbocycles. The lowest BCUT2D eigenvalue weighted by atomic mass is 9.97. The Bertz CT molecular complexity index is 401. The molecule has 0 bridgehead atoms. The molecule has 72 valence electrons. The largest absolute Gasteiger partial charge is 0.294 e. The molecule has 0 aromatic heterocycles. The van der Waals surface area contributed by atoms with Crippen LogP contribution in [-0.2, 0) is 0 Å². The van der Waals surface area contributed by atoms with E-state index in [0.717, 1.165) is 11.1 Å². The van der Waals surface area contributed by atoms with Crippen LogP contribution in [0.25, 0.3) is 6.08 Å². The molecule has 0 radical (unpaired) electrons. The third kappa shape index (κ3) is 1.50. The number of carbonyl (C=O) groups excluding carboxylic acids is 1. The van der Waals surface area contributed by atoms with Gasteiger partial charge in [0.2, 0.25) is 0 Å². The Morgan fingerprint density at radius 3 is 2.79 bits per heavy atom. The van der Waals surface area contributed by atoms with E-state index < -0.39 is 0 Å². The van der Waals surface area contributed by atoms with Crippen molar-refractivity contribution < 1.29 is 4.79 Å². The molecule has 0 heterocycles. The molecule has 14 heavy (non-hydrogen) atoms. The van der Waals surface area contributed by atoms with Crippen molar-refractivity contribution in [2.45, 2.75) is 20.3 Å². The summed E-state index contributed by atoms with van der Waals surface area (Å²) in [5.41, 5.74) is 3.24. The molecule has 1 unspecified atom stereocenters. The normalized spacial score (nSPS) is 21.1. The molecule has 0 saturated heterocycles. The minimum absolute atomic E-state index is 0.265. The first-order chi connectivity index (χ1) is 6.68. The van der Waals surface area contributed by atoms with Gasteiger partial charge in [0.15, 0.2) is 5.78 Å². The highest BCUT2D eigenvalue weighted by Crippen LogP contribution is 2.26. The predicted octanol–water partition coefficient (Wildman–Crippen LogP) is 3.31. The maximum Gasteiger partial charge on any atom is 0.164 e. The summed E-state index contributed by atoms with van der Waals surface area (Å²) in [5, 5.41) is 0. The number of ketones is 1. The Morgan fingerprint density at radius 2 is 2.00 bits per heavy atom. The van der Waals surface area contributed by atoms with Crippen molar-refractivity contribution in [2.24, 2.45) is 5.92 Å². The molecule has 1 aromatic rings. The number of carbonyl (C=O) groups is 1. The summed E-state index contributed by atoms with van der Waals surface area (Å²) in [7, 11) is 0. The minimum Gasteiger partial charge on any atom is -0.294 e. The van der Waals surface area contributed by atoms with Crippen molar-refractivity contribution in [1.82, 2.24) is 0 Å². The molecule has 0 amide bonds. The van der Waals surface area contributed by atoms with Crippen LogP contribution >= 0.6 is 0 Å². The van der Waals surface area contributed by atoms with Crippen LogP contribution < -0.4 is 0 Å². The van der Waals surface area contributed by atoms with Gasteiger partial charge in [0.25, 0.3) is 0 Å². The van der Waals surface area contributed by atoms with Gasteiger partial charge in [0.1, 0.15) is 0 Å². The second kappa shape index (κ2) is 3.41. The summed E-state index contributed by atoms with van der Waals surface area (Å²) >= 11 is 0. The molecule has 2 rings (SSSR count). The number of hydrogen-bond acceptors (Lipinski definition) is 1. The van der Waals surface area contributed by atoms with Crippen molar-refractivity contribution in [3.8, 4) is 0 Å². The minimum atomic E-state index is 0.265. The van der Waals surface area contributed by atoms with E-state index in [4.69, 9.17) is 0 Å². The standard InChI is InChI=1S/C13H14O/c1-9-7-11-5-3-4-6-12(11)13(14)8-10(9)2/h3-7,10H,8H2,1-2H3.